The minimum absolute atomic E-state index is 0.651. The molecule has 0 radical (unpaired) electrons. The molecule has 2 rings (SSSR count). The van der Waals surface area contributed by atoms with E-state index in [1.807, 2.05) is 0 Å². The third-order valence-electron chi connectivity index (χ3n) is 3.52. The van der Waals surface area contributed by atoms with Crippen LogP contribution in [0.5, 0.6) is 0 Å². The van der Waals surface area contributed by atoms with Crippen molar-refractivity contribution in [2.24, 2.45) is 0 Å². The van der Waals surface area contributed by atoms with E-state index in [9.17, 15) is 4.57 Å². The van der Waals surface area contributed by atoms with Crippen LogP contribution in [0.3, 0.4) is 0 Å². The molecule has 2 saturated carbocycles. The van der Waals surface area contributed by atoms with E-state index < -0.39 is 7.80 Å². The summed E-state index contributed by atoms with van der Waals surface area (Å²) in [6.45, 7) is 0. The van der Waals surface area contributed by atoms with E-state index in [1.165, 1.54) is 51.4 Å². The smallest absolute Gasteiger partial charge is 0.0820 e. The third kappa shape index (κ3) is 1.76. The summed E-state index contributed by atoms with van der Waals surface area (Å²) in [6.07, 6.45) is 10.5. The lowest BCUT2D eigenvalue weighted by Gasteiger charge is -2.14. The second-order valence-electron chi connectivity index (χ2n) is 4.37. The summed E-state index contributed by atoms with van der Waals surface area (Å²) in [7, 11) is -1.19. The van der Waals surface area contributed by atoms with Gasteiger partial charge in [0, 0.05) is 11.3 Å². The quantitative estimate of drug-likeness (QED) is 0.604. The highest BCUT2D eigenvalue weighted by molar-refractivity contribution is 7.46. The summed E-state index contributed by atoms with van der Waals surface area (Å²) < 4.78 is 12.0. The summed E-state index contributed by atoms with van der Waals surface area (Å²) in [5.41, 5.74) is 1.30. The van der Waals surface area contributed by atoms with Crippen molar-refractivity contribution in [3.63, 3.8) is 0 Å². The van der Waals surface area contributed by atoms with Crippen molar-refractivity contribution in [3.8, 4) is 0 Å². The third-order valence-corrected chi connectivity index (χ3v) is 6.28. The lowest BCUT2D eigenvalue weighted by atomic mass is 10.4. The molecule has 2 aliphatic carbocycles. The Morgan fingerprint density at radius 3 is 1.42 bits per heavy atom. The van der Waals surface area contributed by atoms with Crippen LogP contribution in [-0.4, -0.2) is 11.3 Å². The van der Waals surface area contributed by atoms with Crippen molar-refractivity contribution in [2.45, 2.75) is 62.7 Å². The van der Waals surface area contributed by atoms with Gasteiger partial charge in [0.2, 0.25) is 0 Å². The topological polar surface area (TPSA) is 17.1 Å². The minimum atomic E-state index is -1.19. The van der Waals surface area contributed by atoms with Crippen LogP contribution in [0.25, 0.3) is 0 Å². The van der Waals surface area contributed by atoms with Crippen molar-refractivity contribution in [1.82, 2.24) is 0 Å². The Morgan fingerprint density at radius 2 is 1.08 bits per heavy atom. The molecule has 0 aliphatic heterocycles. The van der Waals surface area contributed by atoms with Crippen LogP contribution < -0.4 is 0 Å². The van der Waals surface area contributed by atoms with E-state index >= 15 is 0 Å². The van der Waals surface area contributed by atoms with Crippen molar-refractivity contribution >= 4 is 7.80 Å². The predicted octanol–water partition coefficient (Wildman–Crippen LogP) is 3.43. The molecule has 0 amide bonds. The zero-order valence-electron chi connectivity index (χ0n) is 7.72. The highest BCUT2D eigenvalue weighted by Gasteiger charge is 2.29. The maximum absolute atomic E-state index is 12.0. The van der Waals surface area contributed by atoms with Crippen molar-refractivity contribution in [2.75, 3.05) is 0 Å². The van der Waals surface area contributed by atoms with Crippen LogP contribution >= 0.6 is 7.80 Å². The van der Waals surface area contributed by atoms with Crippen LogP contribution in [0, 0.1) is 0 Å². The first kappa shape index (κ1) is 8.81. The van der Waals surface area contributed by atoms with Gasteiger partial charge in [-0.2, -0.15) is 0 Å². The van der Waals surface area contributed by atoms with Crippen molar-refractivity contribution in [3.05, 3.63) is 0 Å². The van der Waals surface area contributed by atoms with Crippen LogP contribution in [-0.2, 0) is 4.57 Å². The number of hydrogen-bond acceptors (Lipinski definition) is 1. The zero-order chi connectivity index (χ0) is 8.39. The van der Waals surface area contributed by atoms with E-state index in [2.05, 4.69) is 0 Å². The maximum Gasteiger partial charge on any atom is 0.0820 e. The lowest BCUT2D eigenvalue weighted by Crippen LogP contribution is -2.03. The first-order valence-electron chi connectivity index (χ1n) is 5.41. The SMILES string of the molecule is O=[PH](C1CCCC1)C1CCCC1. The Labute approximate surface area is 75.7 Å². The second-order valence-corrected chi connectivity index (χ2v) is 6.80. The fraction of sp³-hybridized carbons (Fsp3) is 1.00. The van der Waals surface area contributed by atoms with Gasteiger partial charge in [0.25, 0.3) is 0 Å². The van der Waals surface area contributed by atoms with E-state index in [0.717, 1.165) is 0 Å². The predicted molar refractivity (Wildman–Crippen MR) is 53.5 cm³/mol. The average molecular weight is 186 g/mol. The molecule has 0 heterocycles. The van der Waals surface area contributed by atoms with Gasteiger partial charge in [0.05, 0.1) is 7.80 Å². The molecular formula is C10H19OP. The van der Waals surface area contributed by atoms with Gasteiger partial charge in [-0.3, -0.25) is 0 Å². The van der Waals surface area contributed by atoms with Crippen LogP contribution in [0.4, 0.5) is 0 Å². The van der Waals surface area contributed by atoms with Crippen molar-refractivity contribution < 1.29 is 4.57 Å². The molecule has 2 aliphatic rings. The minimum Gasteiger partial charge on any atom is -0.326 e. The molecule has 2 heteroatoms. The number of hydrogen-bond donors (Lipinski definition) is 0. The molecule has 70 valence electrons. The Bertz CT molecular complexity index is 149. The van der Waals surface area contributed by atoms with Gasteiger partial charge in [0.15, 0.2) is 0 Å². The van der Waals surface area contributed by atoms with Gasteiger partial charge in [-0.05, 0) is 25.7 Å². The van der Waals surface area contributed by atoms with Gasteiger partial charge in [-0.1, -0.05) is 25.7 Å². The lowest BCUT2D eigenvalue weighted by molar-refractivity contribution is 0.567. The van der Waals surface area contributed by atoms with Crippen molar-refractivity contribution in [1.29, 1.82) is 0 Å². The molecule has 0 aromatic carbocycles. The largest absolute Gasteiger partial charge is 0.326 e. The normalized spacial score (nSPS) is 27.4. The summed E-state index contributed by atoms with van der Waals surface area (Å²) in [6, 6.07) is 0. The summed E-state index contributed by atoms with van der Waals surface area (Å²) in [5, 5.41) is 0. The summed E-state index contributed by atoms with van der Waals surface area (Å²) in [5.74, 6) is 0. The Morgan fingerprint density at radius 1 is 0.750 bits per heavy atom. The average Bonchev–Trinajstić information content (AvgIpc) is 2.77. The fourth-order valence-corrected chi connectivity index (χ4v) is 5.38. The molecular weight excluding hydrogens is 167 g/mol. The van der Waals surface area contributed by atoms with Gasteiger partial charge >= 0.3 is 0 Å². The van der Waals surface area contributed by atoms with Gasteiger partial charge < -0.3 is 4.57 Å². The van der Waals surface area contributed by atoms with Gasteiger partial charge in [-0.15, -0.1) is 0 Å². The first-order chi connectivity index (χ1) is 5.88. The van der Waals surface area contributed by atoms with E-state index in [0.29, 0.717) is 11.3 Å². The highest BCUT2D eigenvalue weighted by Crippen LogP contribution is 2.48. The summed E-state index contributed by atoms with van der Waals surface area (Å²) in [4.78, 5) is 0. The maximum atomic E-state index is 12.0. The Balaban J connectivity index is 1.89. The molecule has 0 bridgehead atoms. The molecule has 0 aromatic rings. The molecule has 0 aromatic heterocycles. The van der Waals surface area contributed by atoms with Crippen LogP contribution in [0.15, 0.2) is 0 Å². The molecule has 0 N–H and O–H groups in total. The highest BCUT2D eigenvalue weighted by atomic mass is 31.1. The fourth-order valence-electron chi connectivity index (χ4n) is 2.75. The molecule has 0 unspecified atom stereocenters. The Kier molecular flexibility index (Phi) is 2.91. The van der Waals surface area contributed by atoms with E-state index in [-0.39, 0.29) is 0 Å². The van der Waals surface area contributed by atoms with E-state index in [1.54, 1.807) is 0 Å². The molecule has 2 fully saturated rings. The molecule has 0 saturated heterocycles. The molecule has 1 nitrogen and oxygen atoms in total. The molecule has 12 heavy (non-hydrogen) atoms. The zero-order valence-corrected chi connectivity index (χ0v) is 8.72. The van der Waals surface area contributed by atoms with E-state index in [4.69, 9.17) is 0 Å². The van der Waals surface area contributed by atoms with Gasteiger partial charge in [-0.25, -0.2) is 0 Å². The first-order valence-corrected chi connectivity index (χ1v) is 6.98. The second kappa shape index (κ2) is 3.96. The monoisotopic (exact) mass is 186 g/mol. The molecule has 0 atom stereocenters. The standard InChI is InChI=1S/C10H19OP/c11-12(9-5-1-2-6-9)10-7-3-4-8-10/h9-10,12H,1-8H2. The number of rotatable bonds is 2. The van der Waals surface area contributed by atoms with Crippen LogP contribution in [0.2, 0.25) is 0 Å². The van der Waals surface area contributed by atoms with Gasteiger partial charge in [0.1, 0.15) is 0 Å². The molecule has 0 spiro atoms. The summed E-state index contributed by atoms with van der Waals surface area (Å²) >= 11 is 0. The van der Waals surface area contributed by atoms with Crippen LogP contribution in [0.1, 0.15) is 51.4 Å². The Hall–Kier alpha value is 0.230.